The number of rotatable bonds is 5. The summed E-state index contributed by atoms with van der Waals surface area (Å²) in [7, 11) is 1.88. The van der Waals surface area contributed by atoms with Gasteiger partial charge in [0.15, 0.2) is 0 Å². The molecule has 1 fully saturated rings. The van der Waals surface area contributed by atoms with Crippen LogP contribution in [0.5, 0.6) is 0 Å². The summed E-state index contributed by atoms with van der Waals surface area (Å²) >= 11 is 0. The Kier molecular flexibility index (Phi) is 5.25. The number of benzene rings is 1. The number of piperidine rings is 1. The van der Waals surface area contributed by atoms with E-state index in [1.54, 1.807) is 6.33 Å². The Hall–Kier alpha value is -2.21. The Morgan fingerprint density at radius 1 is 1.29 bits per heavy atom. The molecule has 0 radical (unpaired) electrons. The summed E-state index contributed by atoms with van der Waals surface area (Å²) in [6.07, 6.45) is 3.50. The van der Waals surface area contributed by atoms with E-state index in [1.807, 2.05) is 37.1 Å². The molecule has 0 N–H and O–H groups in total. The number of hydrogen-bond donors (Lipinski definition) is 0. The number of likely N-dealkylation sites (N-methyl/N-ethyl adjacent to an activating group) is 1. The molecule has 24 heavy (non-hydrogen) atoms. The van der Waals surface area contributed by atoms with E-state index in [1.165, 1.54) is 0 Å². The van der Waals surface area contributed by atoms with E-state index >= 15 is 0 Å². The fourth-order valence-electron chi connectivity index (χ4n) is 3.20. The van der Waals surface area contributed by atoms with Crippen LogP contribution in [0.1, 0.15) is 19.8 Å². The Morgan fingerprint density at radius 3 is 2.79 bits per heavy atom. The van der Waals surface area contributed by atoms with Crippen molar-refractivity contribution in [2.75, 3.05) is 38.3 Å². The van der Waals surface area contributed by atoms with Crippen LogP contribution < -0.4 is 4.90 Å². The van der Waals surface area contributed by atoms with Crippen LogP contribution in [-0.4, -0.2) is 60.2 Å². The van der Waals surface area contributed by atoms with E-state index in [0.29, 0.717) is 6.61 Å². The topological polar surface area (TPSA) is 58.6 Å². The number of para-hydroxylation sites is 1. The second kappa shape index (κ2) is 7.57. The standard InChI is InChI=1S/C18H24N4O2/c1-3-24-12-17(23)21(2)14-8-10-22(11-9-14)18-15-6-4-5-7-16(15)19-13-20-18/h4-7,13-14H,3,8-12H2,1-2H3. The van der Waals surface area contributed by atoms with E-state index in [4.69, 9.17) is 4.74 Å². The maximum Gasteiger partial charge on any atom is 0.248 e. The smallest absolute Gasteiger partial charge is 0.248 e. The lowest BCUT2D eigenvalue weighted by atomic mass is 10.0. The van der Waals surface area contributed by atoms with E-state index < -0.39 is 0 Å². The second-order valence-corrected chi connectivity index (χ2v) is 6.07. The van der Waals surface area contributed by atoms with Crippen LogP contribution in [0, 0.1) is 0 Å². The highest BCUT2D eigenvalue weighted by Gasteiger charge is 2.26. The van der Waals surface area contributed by atoms with Crippen LogP contribution in [-0.2, 0) is 9.53 Å². The van der Waals surface area contributed by atoms with E-state index in [0.717, 1.165) is 42.7 Å². The molecule has 0 aliphatic carbocycles. The summed E-state index contributed by atoms with van der Waals surface area (Å²) in [6.45, 7) is 4.41. The molecule has 6 nitrogen and oxygen atoms in total. The number of amides is 1. The molecule has 0 spiro atoms. The lowest BCUT2D eigenvalue weighted by Gasteiger charge is -2.37. The molecule has 2 aromatic rings. The van der Waals surface area contributed by atoms with Gasteiger partial charge in [-0.25, -0.2) is 9.97 Å². The lowest BCUT2D eigenvalue weighted by Crippen LogP contribution is -2.46. The van der Waals surface area contributed by atoms with Gasteiger partial charge in [-0.1, -0.05) is 12.1 Å². The Bertz CT molecular complexity index is 693. The van der Waals surface area contributed by atoms with Crippen molar-refractivity contribution in [3.8, 4) is 0 Å². The molecule has 2 heterocycles. The van der Waals surface area contributed by atoms with Crippen LogP contribution in [0.15, 0.2) is 30.6 Å². The lowest BCUT2D eigenvalue weighted by molar-refractivity contribution is -0.137. The number of hydrogen-bond acceptors (Lipinski definition) is 5. The first-order valence-electron chi connectivity index (χ1n) is 8.48. The number of aromatic nitrogens is 2. The molecule has 128 valence electrons. The second-order valence-electron chi connectivity index (χ2n) is 6.07. The minimum atomic E-state index is 0.0581. The molecule has 1 amide bonds. The summed E-state index contributed by atoms with van der Waals surface area (Å²) in [4.78, 5) is 25.0. The molecule has 3 rings (SSSR count). The zero-order valence-corrected chi connectivity index (χ0v) is 14.3. The normalized spacial score (nSPS) is 15.7. The fraction of sp³-hybridized carbons (Fsp3) is 0.500. The van der Waals surface area contributed by atoms with Gasteiger partial charge in [0, 0.05) is 38.2 Å². The first kappa shape index (κ1) is 16.6. The molecule has 1 aliphatic rings. The van der Waals surface area contributed by atoms with Gasteiger partial charge in [0.05, 0.1) is 5.52 Å². The minimum Gasteiger partial charge on any atom is -0.372 e. The van der Waals surface area contributed by atoms with Gasteiger partial charge in [0.1, 0.15) is 18.8 Å². The molecule has 6 heteroatoms. The van der Waals surface area contributed by atoms with Crippen molar-refractivity contribution in [2.24, 2.45) is 0 Å². The predicted molar refractivity (Wildman–Crippen MR) is 94.0 cm³/mol. The van der Waals surface area contributed by atoms with Crippen LogP contribution in [0.4, 0.5) is 5.82 Å². The van der Waals surface area contributed by atoms with Crippen molar-refractivity contribution < 1.29 is 9.53 Å². The Labute approximate surface area is 142 Å². The maximum atomic E-state index is 12.1. The Morgan fingerprint density at radius 2 is 2.04 bits per heavy atom. The Balaban J connectivity index is 1.65. The average Bonchev–Trinajstić information content (AvgIpc) is 2.65. The first-order valence-corrected chi connectivity index (χ1v) is 8.48. The van der Waals surface area contributed by atoms with Gasteiger partial charge in [0.25, 0.3) is 0 Å². The highest BCUT2D eigenvalue weighted by atomic mass is 16.5. The quantitative estimate of drug-likeness (QED) is 0.841. The number of anilines is 1. The monoisotopic (exact) mass is 328 g/mol. The van der Waals surface area contributed by atoms with Crippen LogP contribution in [0.25, 0.3) is 10.9 Å². The molecular formula is C18H24N4O2. The number of fused-ring (bicyclic) bond motifs is 1. The molecule has 0 bridgehead atoms. The largest absolute Gasteiger partial charge is 0.372 e. The predicted octanol–water partition coefficient (Wildman–Crippen LogP) is 2.09. The first-order chi connectivity index (χ1) is 11.7. The minimum absolute atomic E-state index is 0.0581. The van der Waals surface area contributed by atoms with Crippen LogP contribution >= 0.6 is 0 Å². The zero-order chi connectivity index (χ0) is 16.9. The van der Waals surface area contributed by atoms with Crippen molar-refractivity contribution in [1.82, 2.24) is 14.9 Å². The fourth-order valence-corrected chi connectivity index (χ4v) is 3.20. The van der Waals surface area contributed by atoms with Crippen LogP contribution in [0.2, 0.25) is 0 Å². The van der Waals surface area contributed by atoms with Gasteiger partial charge in [0.2, 0.25) is 5.91 Å². The van der Waals surface area contributed by atoms with Gasteiger partial charge in [-0.05, 0) is 31.9 Å². The molecule has 1 aromatic heterocycles. The van der Waals surface area contributed by atoms with Crippen molar-refractivity contribution in [1.29, 1.82) is 0 Å². The van der Waals surface area contributed by atoms with Gasteiger partial charge in [-0.3, -0.25) is 4.79 Å². The highest BCUT2D eigenvalue weighted by molar-refractivity contribution is 5.89. The van der Waals surface area contributed by atoms with Gasteiger partial charge < -0.3 is 14.5 Å². The van der Waals surface area contributed by atoms with Gasteiger partial charge in [-0.15, -0.1) is 0 Å². The molecule has 1 aromatic carbocycles. The molecule has 0 saturated carbocycles. The molecule has 0 unspecified atom stereocenters. The zero-order valence-electron chi connectivity index (χ0n) is 14.3. The van der Waals surface area contributed by atoms with Gasteiger partial charge in [-0.2, -0.15) is 0 Å². The SMILES string of the molecule is CCOCC(=O)N(C)C1CCN(c2ncnc3ccccc23)CC1. The number of nitrogens with zero attached hydrogens (tertiary/aromatic N) is 4. The maximum absolute atomic E-state index is 12.1. The number of carbonyl (C=O) groups is 1. The summed E-state index contributed by atoms with van der Waals surface area (Å²) in [5.41, 5.74) is 0.966. The van der Waals surface area contributed by atoms with Crippen LogP contribution in [0.3, 0.4) is 0 Å². The molecular weight excluding hydrogens is 304 g/mol. The summed E-state index contributed by atoms with van der Waals surface area (Å²) < 4.78 is 5.23. The van der Waals surface area contributed by atoms with E-state index in [9.17, 15) is 4.79 Å². The number of carbonyl (C=O) groups excluding carboxylic acids is 1. The van der Waals surface area contributed by atoms with Gasteiger partial charge >= 0.3 is 0 Å². The third-order valence-electron chi connectivity index (χ3n) is 4.66. The summed E-state index contributed by atoms with van der Waals surface area (Å²) in [5, 5.41) is 1.08. The van der Waals surface area contributed by atoms with E-state index in [2.05, 4.69) is 20.9 Å². The van der Waals surface area contributed by atoms with Crippen molar-refractivity contribution in [2.45, 2.75) is 25.8 Å². The molecule has 0 atom stereocenters. The third-order valence-corrected chi connectivity index (χ3v) is 4.66. The van der Waals surface area contributed by atoms with Crippen molar-refractivity contribution in [3.05, 3.63) is 30.6 Å². The molecule has 1 saturated heterocycles. The third kappa shape index (κ3) is 3.48. The average molecular weight is 328 g/mol. The van der Waals surface area contributed by atoms with Crippen molar-refractivity contribution in [3.63, 3.8) is 0 Å². The van der Waals surface area contributed by atoms with E-state index in [-0.39, 0.29) is 18.6 Å². The summed E-state index contributed by atoms with van der Waals surface area (Å²) in [6, 6.07) is 8.34. The van der Waals surface area contributed by atoms with Crippen molar-refractivity contribution >= 4 is 22.6 Å². The molecule has 1 aliphatic heterocycles. The number of ether oxygens (including phenoxy) is 1. The summed E-state index contributed by atoms with van der Waals surface area (Å²) in [5.74, 6) is 1.05. The highest BCUT2D eigenvalue weighted by Crippen LogP contribution is 2.26.